The van der Waals surface area contributed by atoms with Gasteiger partial charge in [0.1, 0.15) is 10.6 Å². The van der Waals surface area contributed by atoms with Crippen molar-refractivity contribution in [3.05, 3.63) is 50.9 Å². The molecule has 0 spiro atoms. The smallest absolute Gasteiger partial charge is 0.267 e. The first kappa shape index (κ1) is 21.0. The number of aryl methyl sites for hydroxylation is 2. The number of carbonyl (C=O) groups excluding carboxylic acids is 1. The van der Waals surface area contributed by atoms with Gasteiger partial charge in [0.15, 0.2) is 5.16 Å². The van der Waals surface area contributed by atoms with Crippen LogP contribution in [0, 0.1) is 19.7 Å². The molecule has 4 rings (SSSR count). The molecule has 30 heavy (non-hydrogen) atoms. The van der Waals surface area contributed by atoms with E-state index < -0.39 is 0 Å². The van der Waals surface area contributed by atoms with E-state index in [1.807, 2.05) is 13.8 Å². The zero-order valence-electron chi connectivity index (χ0n) is 16.7. The Hall–Kier alpha value is -2.23. The number of carbonyl (C=O) groups is 1. The Morgan fingerprint density at radius 2 is 2.13 bits per heavy atom. The minimum Gasteiger partial charge on any atom is -0.376 e. The summed E-state index contributed by atoms with van der Waals surface area (Å²) in [4.78, 5) is 32.0. The molecule has 0 radical (unpaired) electrons. The van der Waals surface area contributed by atoms with Gasteiger partial charge in [0.25, 0.3) is 5.56 Å². The molecule has 1 atom stereocenters. The molecule has 1 fully saturated rings. The average molecular weight is 448 g/mol. The molecule has 158 valence electrons. The van der Waals surface area contributed by atoms with Gasteiger partial charge in [0, 0.05) is 18.0 Å². The molecule has 1 amide bonds. The van der Waals surface area contributed by atoms with Crippen LogP contribution in [-0.2, 0) is 9.53 Å². The first-order valence-corrected chi connectivity index (χ1v) is 11.5. The molecule has 1 unspecified atom stereocenters. The lowest BCUT2D eigenvalue weighted by atomic mass is 10.2. The normalized spacial score (nSPS) is 16.3. The number of halogens is 1. The Morgan fingerprint density at radius 1 is 1.37 bits per heavy atom. The lowest BCUT2D eigenvalue weighted by molar-refractivity contribution is -0.119. The summed E-state index contributed by atoms with van der Waals surface area (Å²) in [6.07, 6.45) is 2.04. The molecule has 3 heterocycles. The van der Waals surface area contributed by atoms with Crippen molar-refractivity contribution in [1.82, 2.24) is 14.9 Å². The zero-order chi connectivity index (χ0) is 21.3. The Kier molecular flexibility index (Phi) is 6.21. The van der Waals surface area contributed by atoms with Crippen LogP contribution < -0.4 is 10.9 Å². The fourth-order valence-corrected chi connectivity index (χ4v) is 5.32. The molecule has 1 saturated heterocycles. The van der Waals surface area contributed by atoms with E-state index >= 15 is 0 Å². The molecule has 2 aromatic heterocycles. The molecule has 0 bridgehead atoms. The van der Waals surface area contributed by atoms with Gasteiger partial charge in [0.05, 0.1) is 22.9 Å². The second kappa shape index (κ2) is 8.87. The number of hydrogen-bond acceptors (Lipinski definition) is 6. The van der Waals surface area contributed by atoms with Crippen LogP contribution >= 0.6 is 23.1 Å². The Bertz CT molecular complexity index is 1140. The number of amides is 1. The number of aromatic nitrogens is 2. The van der Waals surface area contributed by atoms with Crippen molar-refractivity contribution in [3.8, 4) is 5.69 Å². The molecular weight excluding hydrogens is 425 g/mol. The SMILES string of the molecule is Cc1sc2nc(SCC(=O)NCC3CCCO3)n(-c3ccc(F)cc3)c(=O)c2c1C. The first-order chi connectivity index (χ1) is 14.4. The monoisotopic (exact) mass is 447 g/mol. The van der Waals surface area contributed by atoms with E-state index in [4.69, 9.17) is 4.74 Å². The fraction of sp³-hybridized carbons (Fsp3) is 0.381. The maximum absolute atomic E-state index is 13.4. The Labute approximate surface area is 181 Å². The molecule has 0 aliphatic carbocycles. The van der Waals surface area contributed by atoms with E-state index in [-0.39, 0.29) is 29.1 Å². The number of thiophene rings is 1. The largest absolute Gasteiger partial charge is 0.376 e. The van der Waals surface area contributed by atoms with Crippen molar-refractivity contribution >= 4 is 39.2 Å². The van der Waals surface area contributed by atoms with Gasteiger partial charge in [-0.3, -0.25) is 14.2 Å². The minimum absolute atomic E-state index is 0.0721. The number of hydrogen-bond donors (Lipinski definition) is 1. The lowest BCUT2D eigenvalue weighted by Gasteiger charge is -2.13. The van der Waals surface area contributed by atoms with E-state index in [0.717, 1.165) is 29.9 Å². The van der Waals surface area contributed by atoms with Crippen molar-refractivity contribution < 1.29 is 13.9 Å². The number of thioether (sulfide) groups is 1. The number of fused-ring (bicyclic) bond motifs is 1. The highest BCUT2D eigenvalue weighted by Crippen LogP contribution is 2.29. The Morgan fingerprint density at radius 3 is 2.83 bits per heavy atom. The minimum atomic E-state index is -0.383. The van der Waals surface area contributed by atoms with Crippen molar-refractivity contribution in [3.63, 3.8) is 0 Å². The topological polar surface area (TPSA) is 73.2 Å². The summed E-state index contributed by atoms with van der Waals surface area (Å²) in [6, 6.07) is 5.70. The number of rotatable bonds is 6. The highest BCUT2D eigenvalue weighted by molar-refractivity contribution is 7.99. The summed E-state index contributed by atoms with van der Waals surface area (Å²) in [6.45, 7) is 5.08. The lowest BCUT2D eigenvalue weighted by Crippen LogP contribution is -2.33. The van der Waals surface area contributed by atoms with E-state index in [9.17, 15) is 14.0 Å². The van der Waals surface area contributed by atoms with Crippen LogP contribution in [0.15, 0.2) is 34.2 Å². The zero-order valence-corrected chi connectivity index (χ0v) is 18.4. The van der Waals surface area contributed by atoms with Gasteiger partial charge in [-0.25, -0.2) is 9.37 Å². The summed E-state index contributed by atoms with van der Waals surface area (Å²) in [5.41, 5.74) is 1.20. The average Bonchev–Trinajstić information content (AvgIpc) is 3.34. The summed E-state index contributed by atoms with van der Waals surface area (Å²) >= 11 is 2.65. The van der Waals surface area contributed by atoms with Gasteiger partial charge in [-0.2, -0.15) is 0 Å². The van der Waals surface area contributed by atoms with Crippen molar-refractivity contribution in [2.75, 3.05) is 18.9 Å². The third-order valence-corrected chi connectivity index (χ3v) is 7.18. The number of nitrogens with one attached hydrogen (secondary N) is 1. The summed E-state index contributed by atoms with van der Waals surface area (Å²) in [5, 5.41) is 3.85. The van der Waals surface area contributed by atoms with E-state index in [1.165, 1.54) is 39.8 Å². The highest BCUT2D eigenvalue weighted by Gasteiger charge is 2.20. The van der Waals surface area contributed by atoms with E-state index in [2.05, 4.69) is 10.3 Å². The van der Waals surface area contributed by atoms with Gasteiger partial charge >= 0.3 is 0 Å². The molecular formula is C21H22FN3O3S2. The first-order valence-electron chi connectivity index (χ1n) is 9.74. The summed E-state index contributed by atoms with van der Waals surface area (Å²) in [7, 11) is 0. The van der Waals surface area contributed by atoms with Gasteiger partial charge in [-0.05, 0) is 56.5 Å². The molecule has 1 N–H and O–H groups in total. The second-order valence-electron chi connectivity index (χ2n) is 7.20. The summed E-state index contributed by atoms with van der Waals surface area (Å²) in [5.74, 6) is -0.407. The van der Waals surface area contributed by atoms with Crippen LogP contribution in [0.2, 0.25) is 0 Å². The van der Waals surface area contributed by atoms with Crippen LogP contribution in [0.4, 0.5) is 4.39 Å². The highest BCUT2D eigenvalue weighted by atomic mass is 32.2. The van der Waals surface area contributed by atoms with E-state index in [0.29, 0.717) is 27.6 Å². The van der Waals surface area contributed by atoms with Crippen molar-refractivity contribution in [1.29, 1.82) is 0 Å². The van der Waals surface area contributed by atoms with Crippen LogP contribution in [0.5, 0.6) is 0 Å². The molecule has 1 aromatic carbocycles. The van der Waals surface area contributed by atoms with Gasteiger partial charge in [0.2, 0.25) is 5.91 Å². The third-order valence-electron chi connectivity index (χ3n) is 5.14. The van der Waals surface area contributed by atoms with Crippen molar-refractivity contribution in [2.45, 2.75) is 37.9 Å². The molecule has 1 aliphatic heterocycles. The maximum atomic E-state index is 13.4. The number of benzene rings is 1. The number of nitrogens with zero attached hydrogens (tertiary/aromatic N) is 2. The second-order valence-corrected chi connectivity index (χ2v) is 9.35. The number of ether oxygens (including phenoxy) is 1. The van der Waals surface area contributed by atoms with Gasteiger partial charge in [-0.15, -0.1) is 11.3 Å². The molecule has 1 aliphatic rings. The molecule has 3 aromatic rings. The van der Waals surface area contributed by atoms with Gasteiger partial charge in [-0.1, -0.05) is 11.8 Å². The predicted octanol–water partition coefficient (Wildman–Crippen LogP) is 3.59. The van der Waals surface area contributed by atoms with Gasteiger partial charge < -0.3 is 10.1 Å². The molecule has 9 heteroatoms. The maximum Gasteiger partial charge on any atom is 0.267 e. The van der Waals surface area contributed by atoms with Crippen LogP contribution in [0.3, 0.4) is 0 Å². The third kappa shape index (κ3) is 4.28. The van der Waals surface area contributed by atoms with Crippen LogP contribution in [0.1, 0.15) is 23.3 Å². The van der Waals surface area contributed by atoms with Crippen molar-refractivity contribution in [2.24, 2.45) is 0 Å². The summed E-state index contributed by atoms with van der Waals surface area (Å²) < 4.78 is 20.4. The van der Waals surface area contributed by atoms with E-state index in [1.54, 1.807) is 12.1 Å². The predicted molar refractivity (Wildman–Crippen MR) is 117 cm³/mol. The molecule has 0 saturated carbocycles. The molecule has 6 nitrogen and oxygen atoms in total. The van der Waals surface area contributed by atoms with Crippen LogP contribution in [-0.4, -0.2) is 40.5 Å². The standard InChI is InChI=1S/C21H22FN3O3S2/c1-12-13(2)30-19-18(12)20(27)25(15-7-5-14(22)6-8-15)21(24-19)29-11-17(26)23-10-16-4-3-9-28-16/h5-8,16H,3-4,9-11H2,1-2H3,(H,23,26). The fourth-order valence-electron chi connectivity index (χ4n) is 3.40. The van der Waals surface area contributed by atoms with Crippen LogP contribution in [0.25, 0.3) is 15.9 Å². The Balaban J connectivity index is 1.63. The quantitative estimate of drug-likeness (QED) is 0.462.